The van der Waals surface area contributed by atoms with Crippen molar-refractivity contribution in [2.75, 3.05) is 13.2 Å². The van der Waals surface area contributed by atoms with Crippen molar-refractivity contribution in [3.63, 3.8) is 0 Å². The van der Waals surface area contributed by atoms with Crippen molar-refractivity contribution in [2.24, 2.45) is 11.8 Å². The summed E-state index contributed by atoms with van der Waals surface area (Å²) in [6.45, 7) is 2.01. The normalized spacial score (nSPS) is 29.1. The zero-order chi connectivity index (χ0) is 27.2. The zero-order valence-corrected chi connectivity index (χ0v) is 21.7. The first-order valence-electron chi connectivity index (χ1n) is 13.4. The number of para-hydroxylation sites is 1. The van der Waals surface area contributed by atoms with Gasteiger partial charge in [-0.1, -0.05) is 54.6 Å². The summed E-state index contributed by atoms with van der Waals surface area (Å²) in [6, 6.07) is 16.0. The summed E-state index contributed by atoms with van der Waals surface area (Å²) in [7, 11) is 0. The Labute approximate surface area is 225 Å². The van der Waals surface area contributed by atoms with Gasteiger partial charge in [0.15, 0.2) is 0 Å². The molecule has 3 saturated heterocycles. The highest BCUT2D eigenvalue weighted by molar-refractivity contribution is 5.99. The van der Waals surface area contributed by atoms with Crippen LogP contribution in [-0.2, 0) is 32.3 Å². The van der Waals surface area contributed by atoms with E-state index in [-0.39, 0.29) is 31.6 Å². The van der Waals surface area contributed by atoms with Crippen molar-refractivity contribution in [2.45, 2.75) is 56.6 Å². The third kappa shape index (κ3) is 3.90. The van der Waals surface area contributed by atoms with E-state index in [0.29, 0.717) is 31.3 Å². The van der Waals surface area contributed by atoms with Crippen LogP contribution in [0.25, 0.3) is 11.0 Å². The second-order valence-electron chi connectivity index (χ2n) is 10.6. The fraction of sp³-hybridized carbons (Fsp3) is 0.464. The number of β-amino-alcohol motifs (C(OH)–C–C–N with tert-alkyl or cyclic N) is 1. The summed E-state index contributed by atoms with van der Waals surface area (Å²) in [6.07, 6.45) is 1.59. The SMILES string of the molecule is CC[C@]12CCC3(O1)C(C(=O)NCn1nnc4ccccc41)N(CCO)C(=O)[C@@H]3[C@H]2C(=O)NCc1ccccc1. The largest absolute Gasteiger partial charge is 0.395 e. The van der Waals surface area contributed by atoms with E-state index in [4.69, 9.17) is 4.74 Å². The molecule has 11 nitrogen and oxygen atoms in total. The van der Waals surface area contributed by atoms with Gasteiger partial charge in [-0.2, -0.15) is 0 Å². The van der Waals surface area contributed by atoms with Gasteiger partial charge in [-0.15, -0.1) is 5.10 Å². The maximum absolute atomic E-state index is 13.9. The van der Waals surface area contributed by atoms with Gasteiger partial charge in [0.05, 0.1) is 29.6 Å². The number of aromatic nitrogens is 3. The number of hydrogen-bond donors (Lipinski definition) is 3. The standard InChI is InChI=1S/C28H32N6O5/c1-2-27-12-13-28(39-27)22(21(27)24(36)29-16-18-8-4-3-5-9-18)26(38)33(14-15-35)23(28)25(37)30-17-34-20-11-7-6-10-19(20)31-32-34/h3-11,21-23,35H,2,12-17H2,1H3,(H,29,36)(H,30,37)/t21-,22-,23?,27+,28?/m0/s1. The maximum atomic E-state index is 13.9. The van der Waals surface area contributed by atoms with Gasteiger partial charge in [-0.25, -0.2) is 4.68 Å². The summed E-state index contributed by atoms with van der Waals surface area (Å²) < 4.78 is 8.27. The number of carbonyl (C=O) groups excluding carboxylic acids is 3. The van der Waals surface area contributed by atoms with Crippen molar-refractivity contribution in [1.29, 1.82) is 0 Å². The van der Waals surface area contributed by atoms with Gasteiger partial charge in [0.1, 0.15) is 23.8 Å². The van der Waals surface area contributed by atoms with Crippen LogP contribution in [0.1, 0.15) is 31.7 Å². The molecular weight excluding hydrogens is 500 g/mol. The second kappa shape index (κ2) is 9.73. The summed E-state index contributed by atoms with van der Waals surface area (Å²) in [4.78, 5) is 42.7. The Morgan fingerprint density at radius 2 is 1.85 bits per heavy atom. The third-order valence-electron chi connectivity index (χ3n) is 8.69. The number of ether oxygens (including phenoxy) is 1. The average molecular weight is 533 g/mol. The molecule has 5 atom stereocenters. The molecule has 2 unspecified atom stereocenters. The Kier molecular flexibility index (Phi) is 6.35. The lowest BCUT2D eigenvalue weighted by molar-refractivity contribution is -0.148. The molecule has 3 aromatic rings. The summed E-state index contributed by atoms with van der Waals surface area (Å²) in [5.74, 6) is -2.52. The predicted molar refractivity (Wildman–Crippen MR) is 140 cm³/mol. The fourth-order valence-corrected chi connectivity index (χ4v) is 6.94. The van der Waals surface area contributed by atoms with E-state index in [0.717, 1.165) is 11.1 Å². The van der Waals surface area contributed by atoms with Crippen LogP contribution in [-0.4, -0.2) is 73.1 Å². The van der Waals surface area contributed by atoms with Gasteiger partial charge in [0.2, 0.25) is 17.7 Å². The zero-order valence-electron chi connectivity index (χ0n) is 21.7. The molecule has 2 aromatic carbocycles. The Morgan fingerprint density at radius 1 is 1.08 bits per heavy atom. The molecule has 39 heavy (non-hydrogen) atoms. The molecule has 3 aliphatic heterocycles. The molecule has 0 radical (unpaired) electrons. The second-order valence-corrected chi connectivity index (χ2v) is 10.6. The Morgan fingerprint density at radius 3 is 2.62 bits per heavy atom. The molecular formula is C28H32N6O5. The summed E-state index contributed by atoms with van der Waals surface area (Å²) >= 11 is 0. The van der Waals surface area contributed by atoms with Gasteiger partial charge in [-0.3, -0.25) is 14.4 Å². The molecule has 3 amide bonds. The number of amides is 3. The van der Waals surface area contributed by atoms with E-state index in [1.807, 2.05) is 61.5 Å². The number of aliphatic hydroxyl groups is 1. The van der Waals surface area contributed by atoms with Gasteiger partial charge in [-0.05, 0) is 37.0 Å². The minimum atomic E-state index is -1.15. The molecule has 204 valence electrons. The number of rotatable bonds is 9. The highest BCUT2D eigenvalue weighted by Gasteiger charge is 2.78. The Bertz CT molecular complexity index is 1410. The third-order valence-corrected chi connectivity index (χ3v) is 8.69. The molecule has 0 aliphatic carbocycles. The average Bonchev–Trinajstić information content (AvgIpc) is 3.69. The van der Waals surface area contributed by atoms with Crippen LogP contribution in [0.4, 0.5) is 0 Å². The van der Waals surface area contributed by atoms with Crippen LogP contribution in [0.5, 0.6) is 0 Å². The molecule has 1 aromatic heterocycles. The van der Waals surface area contributed by atoms with Crippen molar-refractivity contribution >= 4 is 28.8 Å². The number of hydrogen-bond acceptors (Lipinski definition) is 7. The van der Waals surface area contributed by atoms with Crippen LogP contribution < -0.4 is 10.6 Å². The van der Waals surface area contributed by atoms with Crippen LogP contribution in [0.15, 0.2) is 54.6 Å². The molecule has 0 saturated carbocycles. The van der Waals surface area contributed by atoms with E-state index in [9.17, 15) is 19.5 Å². The lowest BCUT2D eigenvalue weighted by Crippen LogP contribution is -2.55. The number of fused-ring (bicyclic) bond motifs is 2. The topological polar surface area (TPSA) is 139 Å². The summed E-state index contributed by atoms with van der Waals surface area (Å²) in [5.41, 5.74) is 0.447. The van der Waals surface area contributed by atoms with E-state index in [1.165, 1.54) is 4.90 Å². The molecule has 3 aliphatic rings. The van der Waals surface area contributed by atoms with Crippen LogP contribution >= 0.6 is 0 Å². The first-order valence-corrected chi connectivity index (χ1v) is 13.4. The van der Waals surface area contributed by atoms with Gasteiger partial charge in [0.25, 0.3) is 0 Å². The van der Waals surface area contributed by atoms with E-state index < -0.39 is 35.0 Å². The molecule has 3 N–H and O–H groups in total. The molecule has 2 bridgehead atoms. The lowest BCUT2D eigenvalue weighted by atomic mass is 9.65. The lowest BCUT2D eigenvalue weighted by Gasteiger charge is -2.34. The molecule has 4 heterocycles. The van der Waals surface area contributed by atoms with E-state index >= 15 is 0 Å². The predicted octanol–water partition coefficient (Wildman–Crippen LogP) is 0.969. The quantitative estimate of drug-likeness (QED) is 0.373. The molecule has 11 heteroatoms. The molecule has 1 spiro atoms. The fourth-order valence-electron chi connectivity index (χ4n) is 6.94. The first-order chi connectivity index (χ1) is 18.9. The maximum Gasteiger partial charge on any atom is 0.247 e. The number of nitrogens with zero attached hydrogens (tertiary/aromatic N) is 4. The molecule has 3 fully saturated rings. The van der Waals surface area contributed by atoms with Gasteiger partial charge >= 0.3 is 0 Å². The van der Waals surface area contributed by atoms with Gasteiger partial charge in [0, 0.05) is 13.1 Å². The van der Waals surface area contributed by atoms with Crippen LogP contribution in [0.3, 0.4) is 0 Å². The Hall–Kier alpha value is -3.83. The van der Waals surface area contributed by atoms with E-state index in [2.05, 4.69) is 20.9 Å². The minimum Gasteiger partial charge on any atom is -0.395 e. The van der Waals surface area contributed by atoms with Crippen molar-refractivity contribution in [3.05, 3.63) is 60.2 Å². The van der Waals surface area contributed by atoms with Crippen molar-refractivity contribution < 1.29 is 24.2 Å². The van der Waals surface area contributed by atoms with Gasteiger partial charge < -0.3 is 25.4 Å². The monoisotopic (exact) mass is 532 g/mol. The highest BCUT2D eigenvalue weighted by atomic mass is 16.5. The van der Waals surface area contributed by atoms with Crippen LogP contribution in [0.2, 0.25) is 0 Å². The Balaban J connectivity index is 1.28. The number of aliphatic hydroxyl groups excluding tert-OH is 1. The molecule has 6 rings (SSSR count). The minimum absolute atomic E-state index is 0.0255. The number of carbonyl (C=O) groups is 3. The number of likely N-dealkylation sites (tertiary alicyclic amines) is 1. The number of nitrogens with one attached hydrogen (secondary N) is 2. The highest BCUT2D eigenvalue weighted by Crippen LogP contribution is 2.64. The van der Waals surface area contributed by atoms with Crippen molar-refractivity contribution in [1.82, 2.24) is 30.5 Å². The first kappa shape index (κ1) is 25.4. The van der Waals surface area contributed by atoms with E-state index in [1.54, 1.807) is 4.68 Å². The van der Waals surface area contributed by atoms with Crippen molar-refractivity contribution in [3.8, 4) is 0 Å². The van der Waals surface area contributed by atoms with Crippen LogP contribution in [0, 0.1) is 11.8 Å². The summed E-state index contributed by atoms with van der Waals surface area (Å²) in [5, 5.41) is 24.0. The number of benzene rings is 2. The smallest absolute Gasteiger partial charge is 0.247 e.